The van der Waals surface area contributed by atoms with Gasteiger partial charge < -0.3 is 5.32 Å². The molecule has 0 spiro atoms. The lowest BCUT2D eigenvalue weighted by Gasteiger charge is -2.12. The highest BCUT2D eigenvalue weighted by Gasteiger charge is 2.34. The number of anilines is 1. The van der Waals surface area contributed by atoms with Gasteiger partial charge in [0.1, 0.15) is 23.1 Å². The van der Waals surface area contributed by atoms with E-state index in [1.54, 1.807) is 0 Å². The van der Waals surface area contributed by atoms with E-state index in [0.717, 1.165) is 24.3 Å². The summed E-state index contributed by atoms with van der Waals surface area (Å²) in [5.74, 6) is -3.13. The summed E-state index contributed by atoms with van der Waals surface area (Å²) in [5.41, 5.74) is -1.82. The Morgan fingerprint density at radius 1 is 0.857 bits per heavy atom. The maximum absolute atomic E-state index is 13.3. The zero-order valence-corrected chi connectivity index (χ0v) is 10.4. The first-order chi connectivity index (χ1) is 9.79. The smallest absolute Gasteiger partial charge is 0.376 e. The lowest BCUT2D eigenvalue weighted by Crippen LogP contribution is -2.10. The van der Waals surface area contributed by atoms with Gasteiger partial charge in [-0.15, -0.1) is 0 Å². The predicted molar refractivity (Wildman–Crippen MR) is 65.1 cm³/mol. The third-order valence-corrected chi connectivity index (χ3v) is 2.77. The first-order valence-electron chi connectivity index (χ1n) is 5.82. The molecule has 2 aromatic rings. The molecule has 0 fully saturated rings. The van der Waals surface area contributed by atoms with Gasteiger partial charge in [-0.1, -0.05) is 12.1 Å². The predicted octanol–water partition coefficient (Wildman–Crippen LogP) is 4.73. The number of hydrogen-bond acceptors (Lipinski definition) is 1. The van der Waals surface area contributed by atoms with Crippen molar-refractivity contribution in [1.29, 1.82) is 0 Å². The average molecular weight is 305 g/mol. The van der Waals surface area contributed by atoms with Crippen LogP contribution in [0.25, 0.3) is 0 Å². The first-order valence-corrected chi connectivity index (χ1v) is 5.82. The molecule has 0 aliphatic heterocycles. The van der Waals surface area contributed by atoms with Crippen LogP contribution in [0.3, 0.4) is 0 Å². The molecule has 0 radical (unpaired) electrons. The van der Waals surface area contributed by atoms with E-state index in [9.17, 15) is 26.3 Å². The monoisotopic (exact) mass is 305 g/mol. The molecular formula is C14H9F6N. The summed E-state index contributed by atoms with van der Waals surface area (Å²) in [6.07, 6.45) is -4.83. The third kappa shape index (κ3) is 3.48. The van der Waals surface area contributed by atoms with E-state index < -0.39 is 34.9 Å². The largest absolute Gasteiger partial charge is 0.419 e. The highest BCUT2D eigenvalue weighted by atomic mass is 19.4. The lowest BCUT2D eigenvalue weighted by molar-refractivity contribution is -0.140. The van der Waals surface area contributed by atoms with Crippen LogP contribution in [0.5, 0.6) is 0 Å². The minimum absolute atomic E-state index is 0.0476. The molecule has 7 heteroatoms. The molecule has 0 bridgehead atoms. The van der Waals surface area contributed by atoms with E-state index in [0.29, 0.717) is 12.1 Å². The van der Waals surface area contributed by atoms with Gasteiger partial charge in [0.15, 0.2) is 0 Å². The number of para-hydroxylation sites is 1. The summed E-state index contributed by atoms with van der Waals surface area (Å²) in [7, 11) is 0. The topological polar surface area (TPSA) is 12.0 Å². The highest BCUT2D eigenvalue weighted by molar-refractivity contribution is 5.46. The Bertz CT molecular complexity index is 630. The van der Waals surface area contributed by atoms with Crippen LogP contribution in [-0.2, 0) is 12.7 Å². The molecule has 2 aromatic carbocycles. The van der Waals surface area contributed by atoms with Crippen molar-refractivity contribution < 1.29 is 26.3 Å². The maximum atomic E-state index is 13.3. The summed E-state index contributed by atoms with van der Waals surface area (Å²) >= 11 is 0. The Labute approximate surface area is 116 Å². The Hall–Kier alpha value is -2.18. The van der Waals surface area contributed by atoms with Gasteiger partial charge in [0.05, 0.1) is 5.56 Å². The van der Waals surface area contributed by atoms with Gasteiger partial charge in [-0.25, -0.2) is 13.2 Å². The zero-order valence-electron chi connectivity index (χ0n) is 10.4. The maximum Gasteiger partial charge on any atom is 0.419 e. The Morgan fingerprint density at radius 3 is 2.05 bits per heavy atom. The van der Waals surface area contributed by atoms with E-state index in [1.807, 2.05) is 0 Å². The molecule has 0 aliphatic rings. The van der Waals surface area contributed by atoms with Gasteiger partial charge in [-0.2, -0.15) is 13.2 Å². The number of nitrogens with one attached hydrogen (secondary N) is 1. The van der Waals surface area contributed by atoms with Crippen molar-refractivity contribution in [1.82, 2.24) is 0 Å². The van der Waals surface area contributed by atoms with E-state index in [1.165, 1.54) is 0 Å². The van der Waals surface area contributed by atoms with E-state index in [2.05, 4.69) is 5.32 Å². The number of rotatable bonds is 3. The average Bonchev–Trinajstić information content (AvgIpc) is 2.38. The van der Waals surface area contributed by atoms with Crippen molar-refractivity contribution in [3.05, 3.63) is 65.0 Å². The fraction of sp³-hybridized carbons (Fsp3) is 0.143. The van der Waals surface area contributed by atoms with Gasteiger partial charge in [0, 0.05) is 6.54 Å². The molecule has 112 valence electrons. The van der Waals surface area contributed by atoms with Crippen LogP contribution in [-0.4, -0.2) is 0 Å². The molecule has 1 nitrogen and oxygen atoms in total. The van der Waals surface area contributed by atoms with Gasteiger partial charge in [0.2, 0.25) is 0 Å². The minimum Gasteiger partial charge on any atom is -0.376 e. The third-order valence-electron chi connectivity index (χ3n) is 2.77. The van der Waals surface area contributed by atoms with Gasteiger partial charge >= 0.3 is 6.18 Å². The highest BCUT2D eigenvalue weighted by Crippen LogP contribution is 2.32. The number of benzene rings is 2. The molecule has 0 saturated heterocycles. The van der Waals surface area contributed by atoms with E-state index >= 15 is 0 Å². The van der Waals surface area contributed by atoms with Crippen molar-refractivity contribution in [2.75, 3.05) is 5.32 Å². The molecule has 0 heterocycles. The van der Waals surface area contributed by atoms with Crippen LogP contribution >= 0.6 is 0 Å². The molecule has 0 atom stereocenters. The van der Waals surface area contributed by atoms with E-state index in [-0.39, 0.29) is 12.1 Å². The molecular weight excluding hydrogens is 296 g/mol. The molecule has 21 heavy (non-hydrogen) atoms. The fourth-order valence-corrected chi connectivity index (χ4v) is 1.76. The van der Waals surface area contributed by atoms with Crippen LogP contribution in [0.2, 0.25) is 0 Å². The second-order valence-electron chi connectivity index (χ2n) is 4.26. The molecule has 0 amide bonds. The van der Waals surface area contributed by atoms with Gasteiger partial charge in [-0.3, -0.25) is 0 Å². The summed E-state index contributed by atoms with van der Waals surface area (Å²) in [6, 6.07) is 5.55. The molecule has 0 aromatic heterocycles. The Balaban J connectivity index is 2.22. The van der Waals surface area contributed by atoms with Crippen LogP contribution in [0.15, 0.2) is 36.4 Å². The number of halogens is 6. The molecule has 1 N–H and O–H groups in total. The van der Waals surface area contributed by atoms with Crippen LogP contribution in [0.1, 0.15) is 11.1 Å². The van der Waals surface area contributed by atoms with E-state index in [4.69, 9.17) is 0 Å². The Morgan fingerprint density at radius 2 is 1.48 bits per heavy atom. The van der Waals surface area contributed by atoms with Gasteiger partial charge in [-0.05, 0) is 29.8 Å². The number of hydrogen-bond donors (Lipinski definition) is 1. The summed E-state index contributed by atoms with van der Waals surface area (Å²) in [4.78, 5) is 0. The second-order valence-corrected chi connectivity index (χ2v) is 4.26. The molecule has 0 aliphatic carbocycles. The van der Waals surface area contributed by atoms with Crippen molar-refractivity contribution in [2.45, 2.75) is 12.7 Å². The fourth-order valence-electron chi connectivity index (χ4n) is 1.76. The molecule has 0 saturated carbocycles. The Kier molecular flexibility index (Phi) is 4.11. The standard InChI is InChI=1S/C14H9F6N/c15-10-5-4-8(6-9(10)14(18,19)20)7-21-13-11(16)2-1-3-12(13)17/h1-6,21H,7H2. The van der Waals surface area contributed by atoms with Crippen molar-refractivity contribution in [2.24, 2.45) is 0 Å². The van der Waals surface area contributed by atoms with Crippen LogP contribution in [0, 0.1) is 17.5 Å². The van der Waals surface area contributed by atoms with Crippen LogP contribution in [0.4, 0.5) is 32.0 Å². The quantitative estimate of drug-likeness (QED) is 0.808. The van der Waals surface area contributed by atoms with Crippen molar-refractivity contribution in [3.8, 4) is 0 Å². The van der Waals surface area contributed by atoms with Crippen molar-refractivity contribution >= 4 is 5.69 Å². The normalized spacial score (nSPS) is 11.5. The van der Waals surface area contributed by atoms with Crippen molar-refractivity contribution in [3.63, 3.8) is 0 Å². The second kappa shape index (κ2) is 5.67. The van der Waals surface area contributed by atoms with Gasteiger partial charge in [0.25, 0.3) is 0 Å². The summed E-state index contributed by atoms with van der Waals surface area (Å²) in [5, 5.41) is 2.36. The number of alkyl halides is 3. The molecule has 2 rings (SSSR count). The molecule has 0 unspecified atom stereocenters. The zero-order chi connectivity index (χ0) is 15.6. The first kappa shape index (κ1) is 15.2. The minimum atomic E-state index is -4.83. The summed E-state index contributed by atoms with van der Waals surface area (Å²) < 4.78 is 77.4. The summed E-state index contributed by atoms with van der Waals surface area (Å²) in [6.45, 7) is -0.277. The lowest BCUT2D eigenvalue weighted by atomic mass is 10.1. The van der Waals surface area contributed by atoms with Crippen LogP contribution < -0.4 is 5.32 Å². The SMILES string of the molecule is Fc1ccc(CNc2c(F)cccc2F)cc1C(F)(F)F.